The van der Waals surface area contributed by atoms with E-state index in [0.717, 1.165) is 25.1 Å². The molecule has 134 valence electrons. The predicted molar refractivity (Wildman–Crippen MR) is 81.2 cm³/mol. The summed E-state index contributed by atoms with van der Waals surface area (Å²) in [6.07, 6.45) is -4.96. The van der Waals surface area contributed by atoms with Crippen molar-refractivity contribution < 1.29 is 27.5 Å². The Bertz CT molecular complexity index is 713. The molecule has 1 fully saturated rings. The average Bonchev–Trinajstić information content (AvgIpc) is 2.61. The predicted octanol–water partition coefficient (Wildman–Crippen LogP) is 1.28. The molecule has 9 heteroatoms. The fourth-order valence-electron chi connectivity index (χ4n) is 2.95. The van der Waals surface area contributed by atoms with Crippen LogP contribution in [0.1, 0.15) is 21.5 Å². The van der Waals surface area contributed by atoms with Crippen LogP contribution >= 0.6 is 0 Å². The number of carbonyl (C=O) groups excluding carboxylic acids is 2. The summed E-state index contributed by atoms with van der Waals surface area (Å²) in [6, 6.07) is 5.72. The molecule has 2 aliphatic rings. The van der Waals surface area contributed by atoms with Crippen LogP contribution in [0, 0.1) is 11.3 Å². The highest BCUT2D eigenvalue weighted by Crippen LogP contribution is 2.33. The molecular weight excluding hydrogens is 339 g/mol. The lowest BCUT2D eigenvalue weighted by Gasteiger charge is -2.40. The maximum Gasteiger partial charge on any atom is 0.446 e. The summed E-state index contributed by atoms with van der Waals surface area (Å²) in [7, 11) is 1.59. The van der Waals surface area contributed by atoms with E-state index in [1.807, 2.05) is 4.90 Å². The van der Waals surface area contributed by atoms with E-state index in [9.17, 15) is 23.2 Å². The maximum atomic E-state index is 12.6. The number of alkyl halides is 3. The van der Waals surface area contributed by atoms with Gasteiger partial charge in [0, 0.05) is 31.2 Å². The zero-order chi connectivity index (χ0) is 18.6. The minimum atomic E-state index is -4.64. The lowest BCUT2D eigenvalue weighted by molar-refractivity contribution is -0.156. The number of ether oxygens (including phenoxy) is 1. The number of hydrogen-bond donors (Lipinski definition) is 1. The Labute approximate surface area is 142 Å². The summed E-state index contributed by atoms with van der Waals surface area (Å²) in [4.78, 5) is 23.2. The SMILES string of the molecule is COc1ccc(C#N)c2c1C[C@@H]1CNCCN1C2=O.O=CC(F)(F)F. The van der Waals surface area contributed by atoms with Crippen LogP contribution in [-0.2, 0) is 11.2 Å². The zero-order valence-electron chi connectivity index (χ0n) is 13.4. The quantitative estimate of drug-likeness (QED) is 0.768. The normalized spacial score (nSPS) is 18.9. The molecule has 0 radical (unpaired) electrons. The van der Waals surface area contributed by atoms with E-state index in [1.54, 1.807) is 19.2 Å². The second kappa shape index (κ2) is 7.53. The molecule has 1 saturated heterocycles. The van der Waals surface area contributed by atoms with Gasteiger partial charge in [0.15, 0.2) is 0 Å². The summed E-state index contributed by atoms with van der Waals surface area (Å²) < 4.78 is 36.6. The number of piperazine rings is 1. The van der Waals surface area contributed by atoms with Gasteiger partial charge in [0.05, 0.1) is 24.3 Å². The lowest BCUT2D eigenvalue weighted by atomic mass is 9.88. The van der Waals surface area contributed by atoms with Gasteiger partial charge in [-0.25, -0.2) is 0 Å². The number of nitrogens with zero attached hydrogens (tertiary/aromatic N) is 2. The first-order valence-corrected chi connectivity index (χ1v) is 7.47. The number of nitriles is 1. The molecule has 0 aromatic heterocycles. The van der Waals surface area contributed by atoms with Gasteiger partial charge in [-0.05, 0) is 18.6 Å². The van der Waals surface area contributed by atoms with Crippen molar-refractivity contribution in [3.8, 4) is 11.8 Å². The number of halogens is 3. The molecule has 2 aliphatic heterocycles. The van der Waals surface area contributed by atoms with E-state index in [-0.39, 0.29) is 11.9 Å². The van der Waals surface area contributed by atoms with E-state index >= 15 is 0 Å². The zero-order valence-corrected chi connectivity index (χ0v) is 13.4. The third-order valence-corrected chi connectivity index (χ3v) is 4.01. The van der Waals surface area contributed by atoms with Gasteiger partial charge in [-0.2, -0.15) is 18.4 Å². The Balaban J connectivity index is 0.000000326. The molecule has 0 saturated carbocycles. The number of amides is 1. The first-order valence-electron chi connectivity index (χ1n) is 7.47. The molecule has 3 rings (SSSR count). The van der Waals surface area contributed by atoms with Crippen molar-refractivity contribution in [2.75, 3.05) is 26.7 Å². The number of carbonyl (C=O) groups is 2. The number of fused-ring (bicyclic) bond motifs is 2. The van der Waals surface area contributed by atoms with Crippen molar-refractivity contribution in [1.82, 2.24) is 10.2 Å². The van der Waals surface area contributed by atoms with Crippen molar-refractivity contribution in [2.24, 2.45) is 0 Å². The topological polar surface area (TPSA) is 82.4 Å². The van der Waals surface area contributed by atoms with Crippen LogP contribution in [0.2, 0.25) is 0 Å². The van der Waals surface area contributed by atoms with Gasteiger partial charge in [0.1, 0.15) is 5.75 Å². The van der Waals surface area contributed by atoms with E-state index in [1.165, 1.54) is 0 Å². The van der Waals surface area contributed by atoms with E-state index in [0.29, 0.717) is 23.4 Å². The largest absolute Gasteiger partial charge is 0.496 e. The minimum Gasteiger partial charge on any atom is -0.496 e. The van der Waals surface area contributed by atoms with E-state index in [2.05, 4.69) is 11.4 Å². The third kappa shape index (κ3) is 4.09. The molecule has 2 heterocycles. The molecule has 0 spiro atoms. The number of methoxy groups -OCH3 is 1. The standard InChI is InChI=1S/C14H15N3O2.C2HF3O/c1-19-12-3-2-9(7-15)13-11(12)6-10-8-16-4-5-17(10)14(13)18;3-2(4,5)1-6/h2-3,10,16H,4-6,8H2,1H3;1H/t10-;/m1./s1. The van der Waals surface area contributed by atoms with Crippen molar-refractivity contribution in [2.45, 2.75) is 18.6 Å². The Morgan fingerprint density at radius 2 is 2.12 bits per heavy atom. The van der Waals surface area contributed by atoms with Gasteiger partial charge in [-0.15, -0.1) is 0 Å². The van der Waals surface area contributed by atoms with Crippen LogP contribution in [0.25, 0.3) is 0 Å². The van der Waals surface area contributed by atoms with Crippen LogP contribution in [0.3, 0.4) is 0 Å². The van der Waals surface area contributed by atoms with Gasteiger partial charge in [0.25, 0.3) is 5.91 Å². The summed E-state index contributed by atoms with van der Waals surface area (Å²) in [6.45, 7) is 2.31. The number of nitrogens with one attached hydrogen (secondary N) is 1. The molecule has 1 amide bonds. The molecule has 6 nitrogen and oxygen atoms in total. The number of aldehydes is 1. The number of benzene rings is 1. The number of hydrogen-bond acceptors (Lipinski definition) is 5. The highest BCUT2D eigenvalue weighted by Gasteiger charge is 2.37. The van der Waals surface area contributed by atoms with Crippen LogP contribution in [0.5, 0.6) is 5.75 Å². The third-order valence-electron chi connectivity index (χ3n) is 4.01. The van der Waals surface area contributed by atoms with Crippen LogP contribution in [-0.4, -0.2) is 56.1 Å². The summed E-state index contributed by atoms with van der Waals surface area (Å²) in [5.41, 5.74) is 1.84. The first kappa shape index (κ1) is 18.7. The van der Waals surface area contributed by atoms with E-state index < -0.39 is 12.5 Å². The minimum absolute atomic E-state index is 0.0387. The Morgan fingerprint density at radius 3 is 2.68 bits per heavy atom. The lowest BCUT2D eigenvalue weighted by Crippen LogP contribution is -2.57. The van der Waals surface area contributed by atoms with Gasteiger partial charge in [-0.1, -0.05) is 0 Å². The second-order valence-electron chi connectivity index (χ2n) is 5.50. The summed E-state index contributed by atoms with van der Waals surface area (Å²) in [5.74, 6) is 0.663. The maximum absolute atomic E-state index is 12.6. The molecule has 1 aromatic rings. The van der Waals surface area contributed by atoms with Crippen molar-refractivity contribution >= 4 is 12.2 Å². The van der Waals surface area contributed by atoms with E-state index in [4.69, 9.17) is 9.53 Å². The van der Waals surface area contributed by atoms with Gasteiger partial charge in [-0.3, -0.25) is 9.59 Å². The molecule has 1 N–H and O–H groups in total. The van der Waals surface area contributed by atoms with Crippen molar-refractivity contribution in [3.63, 3.8) is 0 Å². The molecule has 0 bridgehead atoms. The molecule has 1 aromatic carbocycles. The Kier molecular flexibility index (Phi) is 5.64. The first-order chi connectivity index (χ1) is 11.8. The van der Waals surface area contributed by atoms with Gasteiger partial charge < -0.3 is 15.0 Å². The van der Waals surface area contributed by atoms with Gasteiger partial charge >= 0.3 is 6.18 Å². The average molecular weight is 355 g/mol. The second-order valence-corrected chi connectivity index (χ2v) is 5.50. The fraction of sp³-hybridized carbons (Fsp3) is 0.438. The van der Waals surface area contributed by atoms with Crippen LogP contribution < -0.4 is 10.1 Å². The molecule has 0 unspecified atom stereocenters. The van der Waals surface area contributed by atoms with Crippen LogP contribution in [0.4, 0.5) is 13.2 Å². The Hall–Kier alpha value is -2.60. The highest BCUT2D eigenvalue weighted by atomic mass is 19.4. The number of rotatable bonds is 1. The van der Waals surface area contributed by atoms with Crippen LogP contribution in [0.15, 0.2) is 12.1 Å². The molecule has 25 heavy (non-hydrogen) atoms. The van der Waals surface area contributed by atoms with Crippen molar-refractivity contribution in [3.05, 3.63) is 28.8 Å². The van der Waals surface area contributed by atoms with Gasteiger partial charge in [0.2, 0.25) is 6.29 Å². The monoisotopic (exact) mass is 355 g/mol. The Morgan fingerprint density at radius 1 is 1.44 bits per heavy atom. The molecule has 1 atom stereocenters. The fourth-order valence-corrected chi connectivity index (χ4v) is 2.95. The summed E-state index contributed by atoms with van der Waals surface area (Å²) >= 11 is 0. The summed E-state index contributed by atoms with van der Waals surface area (Å²) in [5, 5.41) is 12.5. The highest BCUT2D eigenvalue weighted by molar-refractivity contribution is 6.00. The molecule has 0 aliphatic carbocycles. The van der Waals surface area contributed by atoms with Crippen molar-refractivity contribution in [1.29, 1.82) is 5.26 Å². The smallest absolute Gasteiger partial charge is 0.446 e. The molecular formula is C16H16F3N3O3.